The number of aromatic nitrogens is 3. The third-order valence-corrected chi connectivity index (χ3v) is 5.68. The van der Waals surface area contributed by atoms with E-state index in [1.807, 2.05) is 81.6 Å². The van der Waals surface area contributed by atoms with Gasteiger partial charge in [0.2, 0.25) is 5.89 Å². The Labute approximate surface area is 221 Å². The van der Waals surface area contributed by atoms with Gasteiger partial charge in [0.25, 0.3) is 5.89 Å². The smallest absolute Gasteiger partial charge is 0.408 e. The van der Waals surface area contributed by atoms with Gasteiger partial charge in [-0.2, -0.15) is 0 Å². The summed E-state index contributed by atoms with van der Waals surface area (Å²) in [5.74, 6) is 0.259. The molecule has 0 aliphatic carbocycles. The van der Waals surface area contributed by atoms with Crippen LogP contribution in [0.5, 0.6) is 0 Å². The number of amides is 2. The summed E-state index contributed by atoms with van der Waals surface area (Å²) in [5.41, 5.74) is 1.11. The van der Waals surface area contributed by atoms with Gasteiger partial charge in [-0.15, -0.1) is 10.2 Å². The van der Waals surface area contributed by atoms with Crippen molar-refractivity contribution in [3.63, 3.8) is 0 Å². The highest BCUT2D eigenvalue weighted by Gasteiger charge is 2.34. The highest BCUT2D eigenvalue weighted by molar-refractivity contribution is 5.83. The molecule has 2 heterocycles. The number of nitrogens with one attached hydrogen (secondary N) is 3. The van der Waals surface area contributed by atoms with E-state index in [0.29, 0.717) is 6.42 Å². The van der Waals surface area contributed by atoms with Gasteiger partial charge in [-0.3, -0.25) is 0 Å². The first kappa shape index (κ1) is 26.7. The van der Waals surface area contributed by atoms with Crippen molar-refractivity contribution in [1.29, 1.82) is 0 Å². The number of carbonyl (C=O) groups is 2. The van der Waals surface area contributed by atoms with Gasteiger partial charge < -0.3 is 29.5 Å². The molecule has 4 aromatic rings. The molecule has 0 radical (unpaired) electrons. The van der Waals surface area contributed by atoms with Crippen LogP contribution in [0, 0.1) is 0 Å². The van der Waals surface area contributed by atoms with Crippen LogP contribution in [0.1, 0.15) is 63.6 Å². The van der Waals surface area contributed by atoms with Crippen molar-refractivity contribution in [3.05, 3.63) is 83.7 Å². The van der Waals surface area contributed by atoms with Gasteiger partial charge >= 0.3 is 12.2 Å². The lowest BCUT2D eigenvalue weighted by atomic mass is 10.0. The molecule has 2 aromatic carbocycles. The van der Waals surface area contributed by atoms with Crippen LogP contribution in [0.3, 0.4) is 0 Å². The van der Waals surface area contributed by atoms with E-state index in [0.717, 1.165) is 22.0 Å². The average molecular weight is 520 g/mol. The highest BCUT2D eigenvalue weighted by Crippen LogP contribution is 2.28. The molecule has 10 heteroatoms. The number of para-hydroxylation sites is 1. The lowest BCUT2D eigenvalue weighted by Crippen LogP contribution is -2.43. The molecule has 10 nitrogen and oxygen atoms in total. The summed E-state index contributed by atoms with van der Waals surface area (Å²) in [6.07, 6.45) is 1.01. The molecule has 2 amide bonds. The lowest BCUT2D eigenvalue weighted by Gasteiger charge is -2.25. The summed E-state index contributed by atoms with van der Waals surface area (Å²) in [6, 6.07) is 16.6. The number of fused-ring (bicyclic) bond motifs is 1. The number of nitrogens with zero attached hydrogens (tertiary/aromatic N) is 2. The fraction of sp³-hybridized carbons (Fsp3) is 0.357. The van der Waals surface area contributed by atoms with E-state index in [9.17, 15) is 9.59 Å². The number of aromatic amines is 1. The third-order valence-electron chi connectivity index (χ3n) is 5.68. The second-order valence-corrected chi connectivity index (χ2v) is 10.5. The van der Waals surface area contributed by atoms with E-state index in [-0.39, 0.29) is 18.4 Å². The first-order valence-electron chi connectivity index (χ1n) is 12.4. The fourth-order valence-electron chi connectivity index (χ4n) is 3.85. The third kappa shape index (κ3) is 6.90. The monoisotopic (exact) mass is 519 g/mol. The molecule has 0 fully saturated rings. The Morgan fingerprint density at radius 2 is 1.68 bits per heavy atom. The first-order chi connectivity index (χ1) is 18.0. The van der Waals surface area contributed by atoms with E-state index in [1.165, 1.54) is 0 Å². The number of hydrogen-bond acceptors (Lipinski definition) is 7. The highest BCUT2D eigenvalue weighted by atomic mass is 16.6. The zero-order chi connectivity index (χ0) is 27.3. The molecule has 2 aromatic heterocycles. The molecule has 0 aliphatic rings. The Kier molecular flexibility index (Phi) is 7.70. The van der Waals surface area contributed by atoms with E-state index in [1.54, 1.807) is 13.8 Å². The molecule has 38 heavy (non-hydrogen) atoms. The molecule has 4 rings (SSSR count). The van der Waals surface area contributed by atoms with Crippen LogP contribution in [0.25, 0.3) is 10.9 Å². The number of benzene rings is 2. The summed E-state index contributed by atoms with van der Waals surface area (Å²) in [5, 5.41) is 14.9. The van der Waals surface area contributed by atoms with Crippen LogP contribution in [0.15, 0.2) is 65.2 Å². The van der Waals surface area contributed by atoms with Crippen molar-refractivity contribution in [2.75, 3.05) is 0 Å². The average Bonchev–Trinajstić information content (AvgIpc) is 3.50. The maximum Gasteiger partial charge on any atom is 0.408 e. The van der Waals surface area contributed by atoms with Crippen molar-refractivity contribution in [2.45, 2.75) is 64.8 Å². The SMILES string of the molecule is CC(C)(C)NC(=O)OC(C)(C)c1nnc([C@H](Cc2c[nH]c3ccccc23)NC(=O)OCc2ccccc2)o1. The summed E-state index contributed by atoms with van der Waals surface area (Å²) >= 11 is 0. The van der Waals surface area contributed by atoms with Gasteiger partial charge in [0.05, 0.1) is 0 Å². The minimum atomic E-state index is -1.21. The number of H-pyrrole nitrogens is 1. The summed E-state index contributed by atoms with van der Waals surface area (Å²) in [6.45, 7) is 8.98. The molecule has 0 bridgehead atoms. The molecular weight excluding hydrogens is 486 g/mol. The second-order valence-electron chi connectivity index (χ2n) is 10.5. The molecule has 0 unspecified atom stereocenters. The Bertz CT molecular complexity index is 1390. The molecule has 200 valence electrons. The molecule has 0 saturated heterocycles. The van der Waals surface area contributed by atoms with Gasteiger partial charge in [-0.1, -0.05) is 48.5 Å². The Hall–Kier alpha value is -4.34. The van der Waals surface area contributed by atoms with Crippen LogP contribution in [-0.2, 0) is 28.1 Å². The van der Waals surface area contributed by atoms with Crippen molar-refractivity contribution in [2.24, 2.45) is 0 Å². The Balaban J connectivity index is 1.54. The van der Waals surface area contributed by atoms with Crippen LogP contribution < -0.4 is 10.6 Å². The van der Waals surface area contributed by atoms with Crippen LogP contribution in [0.2, 0.25) is 0 Å². The molecule has 0 aliphatic heterocycles. The predicted octanol–water partition coefficient (Wildman–Crippen LogP) is 5.52. The summed E-state index contributed by atoms with van der Waals surface area (Å²) in [4.78, 5) is 28.4. The van der Waals surface area contributed by atoms with Crippen molar-refractivity contribution in [3.8, 4) is 0 Å². The normalized spacial score (nSPS) is 12.7. The maximum atomic E-state index is 12.8. The van der Waals surface area contributed by atoms with Crippen LogP contribution in [0.4, 0.5) is 9.59 Å². The number of alkyl carbamates (subject to hydrolysis) is 2. The fourth-order valence-corrected chi connectivity index (χ4v) is 3.85. The molecular formula is C28H33N5O5. The Morgan fingerprint density at radius 1 is 0.974 bits per heavy atom. The standard InChI is InChI=1S/C28H33N5O5/c1-27(2,3)31-26(35)38-28(4,5)24-33-32-23(37-24)22(15-19-16-29-21-14-10-9-13-20(19)21)30-25(34)36-17-18-11-7-6-8-12-18/h6-14,16,22,29H,15,17H2,1-5H3,(H,30,34)(H,31,35)/t22-/m0/s1. The largest absolute Gasteiger partial charge is 0.445 e. The van der Waals surface area contributed by atoms with Crippen molar-refractivity contribution in [1.82, 2.24) is 25.8 Å². The maximum absolute atomic E-state index is 12.8. The number of rotatable bonds is 8. The Morgan fingerprint density at radius 3 is 2.42 bits per heavy atom. The van der Waals surface area contributed by atoms with Gasteiger partial charge in [0.15, 0.2) is 5.60 Å². The van der Waals surface area contributed by atoms with Gasteiger partial charge in [-0.25, -0.2) is 9.59 Å². The minimum Gasteiger partial charge on any atom is -0.445 e. The van der Waals surface area contributed by atoms with Crippen molar-refractivity contribution >= 4 is 23.1 Å². The van der Waals surface area contributed by atoms with Crippen molar-refractivity contribution < 1.29 is 23.5 Å². The molecule has 0 spiro atoms. The lowest BCUT2D eigenvalue weighted by molar-refractivity contribution is 0.0116. The predicted molar refractivity (Wildman–Crippen MR) is 141 cm³/mol. The van der Waals surface area contributed by atoms with Gasteiger partial charge in [-0.05, 0) is 51.8 Å². The molecule has 1 atom stereocenters. The molecule has 3 N–H and O–H groups in total. The number of ether oxygens (including phenoxy) is 2. The van der Waals surface area contributed by atoms with Gasteiger partial charge in [0.1, 0.15) is 12.6 Å². The number of carbonyl (C=O) groups excluding carboxylic acids is 2. The zero-order valence-corrected chi connectivity index (χ0v) is 22.2. The number of hydrogen-bond donors (Lipinski definition) is 3. The second kappa shape index (κ2) is 11.0. The quantitative estimate of drug-likeness (QED) is 0.279. The van der Waals surface area contributed by atoms with Crippen LogP contribution in [-0.4, -0.2) is 32.9 Å². The summed E-state index contributed by atoms with van der Waals surface area (Å²) < 4.78 is 17.0. The summed E-state index contributed by atoms with van der Waals surface area (Å²) in [7, 11) is 0. The van der Waals surface area contributed by atoms with E-state index in [2.05, 4.69) is 25.8 Å². The van der Waals surface area contributed by atoms with Gasteiger partial charge in [0, 0.05) is 29.1 Å². The topological polar surface area (TPSA) is 131 Å². The van der Waals surface area contributed by atoms with Crippen LogP contribution >= 0.6 is 0 Å². The van der Waals surface area contributed by atoms with E-state index < -0.39 is 29.4 Å². The first-order valence-corrected chi connectivity index (χ1v) is 12.4. The molecule has 0 saturated carbocycles. The minimum absolute atomic E-state index is 0.0972. The van der Waals surface area contributed by atoms with E-state index >= 15 is 0 Å². The zero-order valence-electron chi connectivity index (χ0n) is 22.2. The van der Waals surface area contributed by atoms with E-state index in [4.69, 9.17) is 13.9 Å².